The Morgan fingerprint density at radius 1 is 1.16 bits per heavy atom. The Labute approximate surface area is 154 Å². The molecule has 0 aromatic heterocycles. The summed E-state index contributed by atoms with van der Waals surface area (Å²) in [4.78, 5) is 11.7. The number of hydrogen-bond donors (Lipinski definition) is 1. The molecule has 132 valence electrons. The number of hydrogen-bond acceptors (Lipinski definition) is 5. The van der Waals surface area contributed by atoms with Crippen LogP contribution in [0.5, 0.6) is 17.2 Å². The van der Waals surface area contributed by atoms with Gasteiger partial charge in [-0.3, -0.25) is 4.79 Å². The zero-order valence-corrected chi connectivity index (χ0v) is 15.6. The minimum Gasteiger partial charge on any atom is -0.493 e. The highest BCUT2D eigenvalue weighted by Gasteiger charge is 2.05. The molecule has 0 heterocycles. The van der Waals surface area contributed by atoms with E-state index >= 15 is 0 Å². The van der Waals surface area contributed by atoms with Crippen LogP contribution >= 0.6 is 15.9 Å². The Kier molecular flexibility index (Phi) is 7.28. The van der Waals surface area contributed by atoms with Crippen molar-refractivity contribution in [1.82, 2.24) is 5.43 Å². The number of halogens is 1. The van der Waals surface area contributed by atoms with Gasteiger partial charge in [-0.2, -0.15) is 5.10 Å². The molecule has 2 aromatic carbocycles. The van der Waals surface area contributed by atoms with Crippen molar-refractivity contribution in [2.24, 2.45) is 5.10 Å². The summed E-state index contributed by atoms with van der Waals surface area (Å²) in [5.74, 6) is 1.53. The van der Waals surface area contributed by atoms with E-state index in [4.69, 9.17) is 14.2 Å². The van der Waals surface area contributed by atoms with Crippen LogP contribution in [0.2, 0.25) is 0 Å². The summed E-state index contributed by atoms with van der Waals surface area (Å²) in [6.07, 6.45) is 1.52. The second-order valence-corrected chi connectivity index (χ2v) is 5.79. The molecule has 6 nitrogen and oxygen atoms in total. The quantitative estimate of drug-likeness (QED) is 0.538. The largest absolute Gasteiger partial charge is 0.493 e. The van der Waals surface area contributed by atoms with Gasteiger partial charge in [0, 0.05) is 4.47 Å². The van der Waals surface area contributed by atoms with E-state index in [1.54, 1.807) is 31.4 Å². The molecule has 0 atom stereocenters. The van der Waals surface area contributed by atoms with Crippen molar-refractivity contribution in [2.75, 3.05) is 20.3 Å². The van der Waals surface area contributed by atoms with Gasteiger partial charge in [0.2, 0.25) is 0 Å². The zero-order valence-electron chi connectivity index (χ0n) is 14.0. The SMILES string of the molecule is CCOc1ccc(/C=N\NC(=O)COc2ccc(Br)cc2)cc1OC. The van der Waals surface area contributed by atoms with E-state index in [0.29, 0.717) is 23.9 Å². The lowest BCUT2D eigenvalue weighted by molar-refractivity contribution is -0.123. The van der Waals surface area contributed by atoms with Gasteiger partial charge in [0.25, 0.3) is 5.91 Å². The van der Waals surface area contributed by atoms with E-state index < -0.39 is 0 Å². The van der Waals surface area contributed by atoms with Crippen LogP contribution in [-0.4, -0.2) is 32.4 Å². The lowest BCUT2D eigenvalue weighted by Crippen LogP contribution is -2.24. The number of rotatable bonds is 8. The van der Waals surface area contributed by atoms with Gasteiger partial charge in [-0.25, -0.2) is 5.43 Å². The smallest absolute Gasteiger partial charge is 0.277 e. The van der Waals surface area contributed by atoms with E-state index in [9.17, 15) is 4.79 Å². The number of ether oxygens (including phenoxy) is 3. The van der Waals surface area contributed by atoms with Crippen molar-refractivity contribution in [2.45, 2.75) is 6.92 Å². The topological polar surface area (TPSA) is 69.2 Å². The standard InChI is InChI=1S/C18H19BrN2O4/c1-3-24-16-9-4-13(10-17(16)23-2)11-20-21-18(22)12-25-15-7-5-14(19)6-8-15/h4-11H,3,12H2,1-2H3,(H,21,22)/b20-11-. The van der Waals surface area contributed by atoms with Crippen molar-refractivity contribution in [1.29, 1.82) is 0 Å². The van der Waals surface area contributed by atoms with Crippen LogP contribution in [0.3, 0.4) is 0 Å². The molecular weight excluding hydrogens is 388 g/mol. The Morgan fingerprint density at radius 3 is 2.60 bits per heavy atom. The number of benzene rings is 2. The molecule has 0 saturated carbocycles. The highest BCUT2D eigenvalue weighted by atomic mass is 79.9. The maximum absolute atomic E-state index is 11.7. The second-order valence-electron chi connectivity index (χ2n) is 4.88. The van der Waals surface area contributed by atoms with E-state index in [1.165, 1.54) is 6.21 Å². The summed E-state index contributed by atoms with van der Waals surface area (Å²) in [7, 11) is 1.57. The number of amides is 1. The highest BCUT2D eigenvalue weighted by Crippen LogP contribution is 2.27. The molecule has 7 heteroatoms. The van der Waals surface area contributed by atoms with Crippen molar-refractivity contribution >= 4 is 28.1 Å². The summed E-state index contributed by atoms with van der Waals surface area (Å²) < 4.78 is 17.0. The van der Waals surface area contributed by atoms with Gasteiger partial charge in [-0.05, 0) is 55.0 Å². The summed E-state index contributed by atoms with van der Waals surface area (Å²) >= 11 is 3.33. The van der Waals surface area contributed by atoms with Gasteiger partial charge in [0.15, 0.2) is 18.1 Å². The average Bonchev–Trinajstić information content (AvgIpc) is 2.62. The molecule has 0 aliphatic rings. The summed E-state index contributed by atoms with van der Waals surface area (Å²) in [5, 5.41) is 3.91. The van der Waals surface area contributed by atoms with Crippen LogP contribution in [0, 0.1) is 0 Å². The second kappa shape index (κ2) is 9.68. The van der Waals surface area contributed by atoms with E-state index in [-0.39, 0.29) is 12.5 Å². The van der Waals surface area contributed by atoms with Crippen molar-refractivity contribution in [3.05, 3.63) is 52.5 Å². The third-order valence-corrected chi connectivity index (χ3v) is 3.60. The number of hydrazone groups is 1. The maximum atomic E-state index is 11.7. The molecular formula is C18H19BrN2O4. The molecule has 2 rings (SSSR count). The number of nitrogens with one attached hydrogen (secondary N) is 1. The average molecular weight is 407 g/mol. The van der Waals surface area contributed by atoms with Gasteiger partial charge >= 0.3 is 0 Å². The lowest BCUT2D eigenvalue weighted by atomic mass is 10.2. The minimum atomic E-state index is -0.350. The maximum Gasteiger partial charge on any atom is 0.277 e. The van der Waals surface area contributed by atoms with Crippen LogP contribution in [0.4, 0.5) is 0 Å². The van der Waals surface area contributed by atoms with Crippen molar-refractivity contribution in [3.63, 3.8) is 0 Å². The first-order valence-electron chi connectivity index (χ1n) is 7.63. The molecule has 0 radical (unpaired) electrons. The van der Waals surface area contributed by atoms with Crippen LogP contribution in [0.25, 0.3) is 0 Å². The molecule has 2 aromatic rings. The van der Waals surface area contributed by atoms with E-state index in [0.717, 1.165) is 10.0 Å². The molecule has 0 fully saturated rings. The number of nitrogens with zero attached hydrogens (tertiary/aromatic N) is 1. The first kappa shape index (κ1) is 18.8. The van der Waals surface area contributed by atoms with Crippen LogP contribution in [-0.2, 0) is 4.79 Å². The Bertz CT molecular complexity index is 732. The van der Waals surface area contributed by atoms with Crippen molar-refractivity contribution in [3.8, 4) is 17.2 Å². The fraction of sp³-hybridized carbons (Fsp3) is 0.222. The van der Waals surface area contributed by atoms with Crippen LogP contribution in [0.15, 0.2) is 52.0 Å². The van der Waals surface area contributed by atoms with Crippen LogP contribution < -0.4 is 19.6 Å². The number of carbonyl (C=O) groups excluding carboxylic acids is 1. The summed E-state index contributed by atoms with van der Waals surface area (Å²) in [6.45, 7) is 2.34. The van der Waals surface area contributed by atoms with Gasteiger partial charge in [-0.1, -0.05) is 15.9 Å². The Morgan fingerprint density at radius 2 is 1.92 bits per heavy atom. The molecule has 0 aliphatic carbocycles. The fourth-order valence-electron chi connectivity index (χ4n) is 1.93. The molecule has 0 spiro atoms. The van der Waals surface area contributed by atoms with Crippen LogP contribution in [0.1, 0.15) is 12.5 Å². The van der Waals surface area contributed by atoms with Gasteiger partial charge in [-0.15, -0.1) is 0 Å². The molecule has 0 aliphatic heterocycles. The third kappa shape index (κ3) is 6.11. The van der Waals surface area contributed by atoms with E-state index in [1.807, 2.05) is 25.1 Å². The van der Waals surface area contributed by atoms with Gasteiger partial charge in [0.1, 0.15) is 5.75 Å². The fourth-order valence-corrected chi connectivity index (χ4v) is 2.19. The van der Waals surface area contributed by atoms with E-state index in [2.05, 4.69) is 26.5 Å². The Balaban J connectivity index is 1.85. The molecule has 0 unspecified atom stereocenters. The first-order chi connectivity index (χ1) is 12.1. The zero-order chi connectivity index (χ0) is 18.1. The number of carbonyl (C=O) groups is 1. The minimum absolute atomic E-state index is 0.119. The molecule has 1 amide bonds. The highest BCUT2D eigenvalue weighted by molar-refractivity contribution is 9.10. The van der Waals surface area contributed by atoms with Gasteiger partial charge < -0.3 is 14.2 Å². The molecule has 0 bridgehead atoms. The predicted molar refractivity (Wildman–Crippen MR) is 99.5 cm³/mol. The third-order valence-electron chi connectivity index (χ3n) is 3.07. The molecule has 25 heavy (non-hydrogen) atoms. The van der Waals surface area contributed by atoms with Crippen molar-refractivity contribution < 1.29 is 19.0 Å². The molecule has 0 saturated heterocycles. The lowest BCUT2D eigenvalue weighted by Gasteiger charge is -2.09. The monoisotopic (exact) mass is 406 g/mol. The summed E-state index contributed by atoms with van der Waals surface area (Å²) in [6, 6.07) is 12.6. The predicted octanol–water partition coefficient (Wildman–Crippen LogP) is 3.39. The van der Waals surface area contributed by atoms with Gasteiger partial charge in [0.05, 0.1) is 19.9 Å². The Hall–Kier alpha value is -2.54. The normalized spacial score (nSPS) is 10.5. The summed E-state index contributed by atoms with van der Waals surface area (Å²) in [5.41, 5.74) is 3.19. The molecule has 1 N–H and O–H groups in total. The number of methoxy groups -OCH3 is 1. The first-order valence-corrected chi connectivity index (χ1v) is 8.42.